The molecule has 1 saturated carbocycles. The number of amides is 1. The van der Waals surface area contributed by atoms with Crippen LogP contribution in [0.15, 0.2) is 23.3 Å². The molecular formula is C20H27N3O2. The first-order chi connectivity index (χ1) is 12.2. The molecule has 0 unspecified atom stereocenters. The van der Waals surface area contributed by atoms with E-state index in [0.29, 0.717) is 12.8 Å². The predicted octanol–water partition coefficient (Wildman–Crippen LogP) is 1.96. The monoisotopic (exact) mass is 341 g/mol. The van der Waals surface area contributed by atoms with Crippen LogP contribution in [0.1, 0.15) is 48.8 Å². The molecule has 1 aliphatic carbocycles. The highest BCUT2D eigenvalue weighted by molar-refractivity contribution is 6.04. The van der Waals surface area contributed by atoms with E-state index < -0.39 is 0 Å². The van der Waals surface area contributed by atoms with E-state index in [2.05, 4.69) is 28.2 Å². The van der Waals surface area contributed by atoms with Crippen LogP contribution in [0.25, 0.3) is 0 Å². The second kappa shape index (κ2) is 7.26. The van der Waals surface area contributed by atoms with Crippen molar-refractivity contribution in [1.82, 2.24) is 9.91 Å². The zero-order valence-corrected chi connectivity index (χ0v) is 14.8. The molecule has 1 amide bonds. The first-order valence-corrected chi connectivity index (χ1v) is 9.59. The van der Waals surface area contributed by atoms with E-state index in [1.165, 1.54) is 41.9 Å². The fraction of sp³-hybridized carbons (Fsp3) is 0.600. The number of carbonyl (C=O) groups is 1. The van der Waals surface area contributed by atoms with Crippen molar-refractivity contribution < 1.29 is 9.90 Å². The van der Waals surface area contributed by atoms with Crippen LogP contribution in [0.5, 0.6) is 0 Å². The average Bonchev–Trinajstić information content (AvgIpc) is 2.78. The number of fused-ring (bicyclic) bond motifs is 1. The molecule has 0 bridgehead atoms. The Morgan fingerprint density at radius 2 is 1.88 bits per heavy atom. The normalized spacial score (nSPS) is 22.2. The minimum absolute atomic E-state index is 0.00343. The number of aliphatic hydroxyl groups excluding tert-OH is 1. The van der Waals surface area contributed by atoms with Gasteiger partial charge in [0.05, 0.1) is 18.9 Å². The molecule has 1 fully saturated rings. The maximum absolute atomic E-state index is 11.9. The Labute approximate surface area is 149 Å². The van der Waals surface area contributed by atoms with Gasteiger partial charge in [-0.05, 0) is 48.4 Å². The summed E-state index contributed by atoms with van der Waals surface area (Å²) >= 11 is 0. The molecule has 134 valence electrons. The zero-order valence-electron chi connectivity index (χ0n) is 14.8. The van der Waals surface area contributed by atoms with Crippen molar-refractivity contribution in [2.24, 2.45) is 5.10 Å². The van der Waals surface area contributed by atoms with Crippen LogP contribution in [0.4, 0.5) is 0 Å². The lowest BCUT2D eigenvalue weighted by atomic mass is 9.91. The van der Waals surface area contributed by atoms with Gasteiger partial charge in [-0.2, -0.15) is 5.10 Å². The van der Waals surface area contributed by atoms with Crippen molar-refractivity contribution in [1.29, 1.82) is 0 Å². The maximum atomic E-state index is 11.9. The third kappa shape index (κ3) is 3.48. The van der Waals surface area contributed by atoms with Gasteiger partial charge >= 0.3 is 0 Å². The summed E-state index contributed by atoms with van der Waals surface area (Å²) in [6.07, 6.45) is 7.53. The third-order valence-corrected chi connectivity index (χ3v) is 5.88. The highest BCUT2D eigenvalue weighted by atomic mass is 16.3. The number of carbonyl (C=O) groups excluding carboxylic acids is 1. The SMILES string of the molecule is O=C1CCC(c2ccc3c(c2)CCN(C2CCC2)CC3)=NN1CCO. The molecule has 5 heteroatoms. The van der Waals surface area contributed by atoms with Crippen LogP contribution in [0.2, 0.25) is 0 Å². The molecule has 5 nitrogen and oxygen atoms in total. The summed E-state index contributed by atoms with van der Waals surface area (Å²) in [5, 5.41) is 15.0. The predicted molar refractivity (Wildman–Crippen MR) is 97.6 cm³/mol. The van der Waals surface area contributed by atoms with E-state index in [1.807, 2.05) is 0 Å². The topological polar surface area (TPSA) is 56.1 Å². The highest BCUT2D eigenvalue weighted by Gasteiger charge is 2.27. The number of hydrogen-bond acceptors (Lipinski definition) is 4. The van der Waals surface area contributed by atoms with Crippen molar-refractivity contribution >= 4 is 11.6 Å². The summed E-state index contributed by atoms with van der Waals surface area (Å²) < 4.78 is 0. The second-order valence-corrected chi connectivity index (χ2v) is 7.39. The second-order valence-electron chi connectivity index (χ2n) is 7.39. The Morgan fingerprint density at radius 3 is 2.60 bits per heavy atom. The van der Waals surface area contributed by atoms with Crippen molar-refractivity contribution in [2.45, 2.75) is 51.0 Å². The number of aliphatic hydroxyl groups is 1. The molecule has 3 aliphatic rings. The third-order valence-electron chi connectivity index (χ3n) is 5.88. The maximum Gasteiger partial charge on any atom is 0.243 e. The summed E-state index contributed by atoms with van der Waals surface area (Å²) in [5.74, 6) is 0.00343. The summed E-state index contributed by atoms with van der Waals surface area (Å²) in [7, 11) is 0. The van der Waals surface area contributed by atoms with Gasteiger partial charge in [-0.25, -0.2) is 5.01 Å². The standard InChI is InChI=1S/C20H27N3O2/c24-13-12-23-20(25)7-6-19(21-23)17-5-4-15-8-10-22(18-2-1-3-18)11-9-16(15)14-17/h4-5,14,18,24H,1-3,6-13H2. The van der Waals surface area contributed by atoms with Gasteiger partial charge in [0.25, 0.3) is 0 Å². The van der Waals surface area contributed by atoms with E-state index in [9.17, 15) is 4.79 Å². The van der Waals surface area contributed by atoms with Gasteiger partial charge in [0.15, 0.2) is 0 Å². The minimum atomic E-state index is -0.0519. The summed E-state index contributed by atoms with van der Waals surface area (Å²) in [6, 6.07) is 7.51. The Kier molecular flexibility index (Phi) is 4.86. The molecule has 0 saturated heterocycles. The van der Waals surface area contributed by atoms with Crippen molar-refractivity contribution in [2.75, 3.05) is 26.2 Å². The largest absolute Gasteiger partial charge is 0.394 e. The number of hydrogen-bond donors (Lipinski definition) is 1. The summed E-state index contributed by atoms with van der Waals surface area (Å²) in [4.78, 5) is 14.5. The summed E-state index contributed by atoms with van der Waals surface area (Å²) in [6.45, 7) is 2.56. The smallest absolute Gasteiger partial charge is 0.243 e. The lowest BCUT2D eigenvalue weighted by Gasteiger charge is -2.36. The fourth-order valence-electron chi connectivity index (χ4n) is 4.12. The number of hydrazone groups is 1. The van der Waals surface area contributed by atoms with E-state index in [-0.39, 0.29) is 19.1 Å². The Bertz CT molecular complexity index is 682. The van der Waals surface area contributed by atoms with Gasteiger partial charge in [0.1, 0.15) is 0 Å². The zero-order chi connectivity index (χ0) is 17.2. The van der Waals surface area contributed by atoms with Gasteiger partial charge in [0, 0.05) is 32.0 Å². The molecule has 1 aromatic carbocycles. The molecule has 2 aliphatic heterocycles. The molecule has 0 aromatic heterocycles. The Hall–Kier alpha value is -1.72. The van der Waals surface area contributed by atoms with Crippen LogP contribution in [-0.4, -0.2) is 58.9 Å². The molecule has 1 N–H and O–H groups in total. The van der Waals surface area contributed by atoms with Crippen LogP contribution >= 0.6 is 0 Å². The quantitative estimate of drug-likeness (QED) is 0.911. The van der Waals surface area contributed by atoms with Crippen LogP contribution in [-0.2, 0) is 17.6 Å². The van der Waals surface area contributed by atoms with Gasteiger partial charge in [-0.1, -0.05) is 18.6 Å². The van der Waals surface area contributed by atoms with Gasteiger partial charge in [0.2, 0.25) is 5.91 Å². The Morgan fingerprint density at radius 1 is 1.08 bits per heavy atom. The first-order valence-electron chi connectivity index (χ1n) is 9.59. The molecule has 25 heavy (non-hydrogen) atoms. The number of nitrogens with zero attached hydrogens (tertiary/aromatic N) is 3. The molecule has 0 radical (unpaired) electrons. The van der Waals surface area contributed by atoms with E-state index >= 15 is 0 Å². The van der Waals surface area contributed by atoms with Crippen molar-refractivity contribution in [3.63, 3.8) is 0 Å². The number of rotatable bonds is 4. The average molecular weight is 341 g/mol. The van der Waals surface area contributed by atoms with Crippen LogP contribution in [0.3, 0.4) is 0 Å². The first kappa shape index (κ1) is 16.7. The molecule has 4 rings (SSSR count). The summed E-state index contributed by atoms with van der Waals surface area (Å²) in [5.41, 5.74) is 5.00. The van der Waals surface area contributed by atoms with Crippen molar-refractivity contribution in [3.05, 3.63) is 34.9 Å². The van der Waals surface area contributed by atoms with E-state index in [4.69, 9.17) is 5.11 Å². The van der Waals surface area contributed by atoms with Gasteiger partial charge in [-0.3, -0.25) is 9.69 Å². The molecule has 1 aromatic rings. The van der Waals surface area contributed by atoms with Crippen LogP contribution < -0.4 is 0 Å². The number of benzene rings is 1. The minimum Gasteiger partial charge on any atom is -0.394 e. The van der Waals surface area contributed by atoms with E-state index in [1.54, 1.807) is 0 Å². The van der Waals surface area contributed by atoms with Crippen molar-refractivity contribution in [3.8, 4) is 0 Å². The number of β-amino-alcohol motifs (C(OH)–C–C–N with tert-alkyl or cyclic N) is 1. The van der Waals surface area contributed by atoms with Gasteiger partial charge in [-0.15, -0.1) is 0 Å². The molecule has 2 heterocycles. The molecule has 0 atom stereocenters. The lowest BCUT2D eigenvalue weighted by Crippen LogP contribution is -2.41. The molecular weight excluding hydrogens is 314 g/mol. The lowest BCUT2D eigenvalue weighted by molar-refractivity contribution is -0.132. The van der Waals surface area contributed by atoms with Gasteiger partial charge < -0.3 is 5.11 Å². The molecule has 0 spiro atoms. The van der Waals surface area contributed by atoms with Crippen LogP contribution in [0, 0.1) is 0 Å². The Balaban J connectivity index is 1.52. The highest BCUT2D eigenvalue weighted by Crippen LogP contribution is 2.28. The van der Waals surface area contributed by atoms with E-state index in [0.717, 1.165) is 36.7 Å². The fourth-order valence-corrected chi connectivity index (χ4v) is 4.12.